The van der Waals surface area contributed by atoms with Crippen LogP contribution in [-0.2, 0) is 4.74 Å². The van der Waals surface area contributed by atoms with E-state index in [0.29, 0.717) is 6.10 Å². The van der Waals surface area contributed by atoms with Crippen LogP contribution in [0.3, 0.4) is 0 Å². The van der Waals surface area contributed by atoms with Gasteiger partial charge in [-0.1, -0.05) is 20.3 Å². The van der Waals surface area contributed by atoms with E-state index in [0.717, 1.165) is 44.5 Å². The predicted molar refractivity (Wildman–Crippen MR) is 77.7 cm³/mol. The summed E-state index contributed by atoms with van der Waals surface area (Å²) in [7, 11) is 0. The minimum absolute atomic E-state index is 0.498. The molecular formula is C15H32N2O. The minimum atomic E-state index is 0.498. The molecule has 1 heterocycles. The summed E-state index contributed by atoms with van der Waals surface area (Å²) in [6.45, 7) is 8.57. The molecule has 3 N–H and O–H groups in total. The maximum Gasteiger partial charge on any atom is 0.0613 e. The molecule has 0 radical (unpaired) electrons. The predicted octanol–water partition coefficient (Wildman–Crippen LogP) is 2.55. The molecule has 0 aliphatic carbocycles. The van der Waals surface area contributed by atoms with Gasteiger partial charge in [0.2, 0.25) is 0 Å². The van der Waals surface area contributed by atoms with Crippen LogP contribution in [0.1, 0.15) is 52.4 Å². The van der Waals surface area contributed by atoms with Crippen molar-refractivity contribution in [2.24, 2.45) is 17.6 Å². The fourth-order valence-corrected chi connectivity index (χ4v) is 2.97. The molecule has 1 aliphatic rings. The van der Waals surface area contributed by atoms with Crippen molar-refractivity contribution in [3.05, 3.63) is 0 Å². The van der Waals surface area contributed by atoms with Crippen molar-refractivity contribution >= 4 is 0 Å². The van der Waals surface area contributed by atoms with Crippen LogP contribution in [0.5, 0.6) is 0 Å². The Kier molecular flexibility index (Phi) is 8.64. The van der Waals surface area contributed by atoms with Gasteiger partial charge in [-0.15, -0.1) is 0 Å². The lowest BCUT2D eigenvalue weighted by Crippen LogP contribution is -2.29. The van der Waals surface area contributed by atoms with Crippen molar-refractivity contribution < 1.29 is 4.74 Å². The van der Waals surface area contributed by atoms with Gasteiger partial charge in [0.15, 0.2) is 0 Å². The summed E-state index contributed by atoms with van der Waals surface area (Å²) in [5.74, 6) is 1.57. The highest BCUT2D eigenvalue weighted by Crippen LogP contribution is 2.22. The summed E-state index contributed by atoms with van der Waals surface area (Å²) in [4.78, 5) is 0. The second-order valence-corrected chi connectivity index (χ2v) is 5.56. The van der Waals surface area contributed by atoms with E-state index in [9.17, 15) is 0 Å². The van der Waals surface area contributed by atoms with Crippen LogP contribution in [0, 0.1) is 11.8 Å². The zero-order valence-electron chi connectivity index (χ0n) is 12.3. The number of hydrogen-bond donors (Lipinski definition) is 2. The first-order valence-corrected chi connectivity index (χ1v) is 7.84. The Hall–Kier alpha value is -0.120. The first-order chi connectivity index (χ1) is 8.81. The second kappa shape index (κ2) is 9.76. The fraction of sp³-hybridized carbons (Fsp3) is 1.00. The van der Waals surface area contributed by atoms with Crippen LogP contribution >= 0.6 is 0 Å². The molecule has 108 valence electrons. The van der Waals surface area contributed by atoms with E-state index < -0.39 is 0 Å². The van der Waals surface area contributed by atoms with Gasteiger partial charge in [0.25, 0.3) is 0 Å². The lowest BCUT2D eigenvalue weighted by Gasteiger charge is -2.18. The van der Waals surface area contributed by atoms with Gasteiger partial charge < -0.3 is 15.8 Å². The van der Waals surface area contributed by atoms with Gasteiger partial charge >= 0.3 is 0 Å². The van der Waals surface area contributed by atoms with E-state index in [2.05, 4.69) is 19.2 Å². The van der Waals surface area contributed by atoms with E-state index in [4.69, 9.17) is 10.5 Å². The van der Waals surface area contributed by atoms with Crippen LogP contribution in [0.25, 0.3) is 0 Å². The maximum atomic E-state index is 5.71. The van der Waals surface area contributed by atoms with Crippen molar-refractivity contribution in [3.8, 4) is 0 Å². The van der Waals surface area contributed by atoms with Crippen molar-refractivity contribution in [3.63, 3.8) is 0 Å². The summed E-state index contributed by atoms with van der Waals surface area (Å²) in [5.41, 5.74) is 5.62. The van der Waals surface area contributed by atoms with E-state index >= 15 is 0 Å². The molecule has 18 heavy (non-hydrogen) atoms. The van der Waals surface area contributed by atoms with Gasteiger partial charge in [-0.2, -0.15) is 0 Å². The van der Waals surface area contributed by atoms with Gasteiger partial charge in [0.1, 0.15) is 0 Å². The number of nitrogens with two attached hydrogens (primary N) is 1. The van der Waals surface area contributed by atoms with Gasteiger partial charge in [-0.3, -0.25) is 0 Å². The summed E-state index contributed by atoms with van der Waals surface area (Å²) >= 11 is 0. The summed E-state index contributed by atoms with van der Waals surface area (Å²) in [6, 6.07) is 0. The van der Waals surface area contributed by atoms with Gasteiger partial charge in [-0.05, 0) is 57.0 Å². The monoisotopic (exact) mass is 256 g/mol. The van der Waals surface area contributed by atoms with Crippen LogP contribution in [-0.4, -0.2) is 32.3 Å². The minimum Gasteiger partial charge on any atom is -0.378 e. The number of hydrogen-bond acceptors (Lipinski definition) is 3. The fourth-order valence-electron chi connectivity index (χ4n) is 2.97. The third kappa shape index (κ3) is 5.68. The Balaban J connectivity index is 2.01. The Bertz CT molecular complexity index is 199. The average Bonchev–Trinajstić information content (AvgIpc) is 2.84. The smallest absolute Gasteiger partial charge is 0.0613 e. The average molecular weight is 256 g/mol. The largest absolute Gasteiger partial charge is 0.378 e. The molecule has 0 aromatic heterocycles. The third-order valence-corrected chi connectivity index (χ3v) is 4.27. The van der Waals surface area contributed by atoms with E-state index in [-0.39, 0.29) is 0 Å². The molecule has 3 nitrogen and oxygen atoms in total. The Morgan fingerprint density at radius 3 is 2.83 bits per heavy atom. The van der Waals surface area contributed by atoms with Crippen molar-refractivity contribution in [2.75, 3.05) is 26.2 Å². The van der Waals surface area contributed by atoms with Gasteiger partial charge in [-0.25, -0.2) is 0 Å². The quantitative estimate of drug-likeness (QED) is 0.591. The topological polar surface area (TPSA) is 47.3 Å². The Morgan fingerprint density at radius 2 is 2.17 bits per heavy atom. The van der Waals surface area contributed by atoms with Crippen molar-refractivity contribution in [1.29, 1.82) is 0 Å². The highest BCUT2D eigenvalue weighted by molar-refractivity contribution is 4.76. The normalized spacial score (nSPS) is 25.5. The SMILES string of the molecule is CCC(CCN)CCCNCC1CCOC1CC. The summed E-state index contributed by atoms with van der Waals surface area (Å²) in [5, 5.41) is 3.60. The van der Waals surface area contributed by atoms with Crippen LogP contribution in [0.4, 0.5) is 0 Å². The molecule has 0 amide bonds. The van der Waals surface area contributed by atoms with E-state index in [1.54, 1.807) is 0 Å². The molecule has 3 atom stereocenters. The van der Waals surface area contributed by atoms with E-state index in [1.165, 1.54) is 32.1 Å². The van der Waals surface area contributed by atoms with Crippen LogP contribution < -0.4 is 11.1 Å². The Morgan fingerprint density at radius 1 is 1.33 bits per heavy atom. The summed E-state index contributed by atoms with van der Waals surface area (Å²) < 4.78 is 5.71. The maximum absolute atomic E-state index is 5.71. The second-order valence-electron chi connectivity index (χ2n) is 5.56. The molecule has 0 aromatic carbocycles. The molecular weight excluding hydrogens is 224 g/mol. The van der Waals surface area contributed by atoms with Crippen molar-refractivity contribution in [1.82, 2.24) is 5.32 Å². The van der Waals surface area contributed by atoms with Crippen molar-refractivity contribution in [2.45, 2.75) is 58.5 Å². The summed E-state index contributed by atoms with van der Waals surface area (Å²) in [6.07, 6.45) is 7.94. The molecule has 0 spiro atoms. The Labute approximate surface area is 113 Å². The van der Waals surface area contributed by atoms with Gasteiger partial charge in [0.05, 0.1) is 6.10 Å². The van der Waals surface area contributed by atoms with Crippen LogP contribution in [0.15, 0.2) is 0 Å². The molecule has 1 aliphatic heterocycles. The first kappa shape index (κ1) is 15.9. The molecule has 1 rings (SSSR count). The number of nitrogens with one attached hydrogen (secondary N) is 1. The lowest BCUT2D eigenvalue weighted by atomic mass is 9.96. The molecule has 0 aromatic rings. The number of rotatable bonds is 10. The first-order valence-electron chi connectivity index (χ1n) is 7.84. The lowest BCUT2D eigenvalue weighted by molar-refractivity contribution is 0.0873. The number of ether oxygens (including phenoxy) is 1. The molecule has 0 saturated carbocycles. The molecule has 0 bridgehead atoms. The molecule has 3 unspecified atom stereocenters. The molecule has 1 fully saturated rings. The van der Waals surface area contributed by atoms with E-state index in [1.807, 2.05) is 0 Å². The van der Waals surface area contributed by atoms with Gasteiger partial charge in [0, 0.05) is 13.2 Å². The highest BCUT2D eigenvalue weighted by atomic mass is 16.5. The molecule has 1 saturated heterocycles. The highest BCUT2D eigenvalue weighted by Gasteiger charge is 2.25. The standard InChI is InChI=1S/C15H32N2O/c1-3-13(7-9-16)6-5-10-17-12-14-8-11-18-15(14)4-2/h13-15,17H,3-12,16H2,1-2H3. The zero-order valence-corrected chi connectivity index (χ0v) is 12.3. The third-order valence-electron chi connectivity index (χ3n) is 4.27. The van der Waals surface area contributed by atoms with Crippen LogP contribution in [0.2, 0.25) is 0 Å². The molecule has 3 heteroatoms. The zero-order chi connectivity index (χ0) is 13.2.